The quantitative estimate of drug-likeness (QED) is 0.918. The van der Waals surface area contributed by atoms with Gasteiger partial charge in [-0.1, -0.05) is 13.0 Å². The molecule has 0 aromatic heterocycles. The molecule has 0 saturated carbocycles. The Morgan fingerprint density at radius 1 is 1.44 bits per heavy atom. The number of hydrogen-bond donors (Lipinski definition) is 1. The van der Waals surface area contributed by atoms with Crippen LogP contribution in [-0.2, 0) is 16.6 Å². The molecule has 2 N–H and O–H groups in total. The molecule has 1 aromatic rings. The fourth-order valence-corrected chi connectivity index (χ4v) is 3.48. The summed E-state index contributed by atoms with van der Waals surface area (Å²) in [4.78, 5) is 0.272. The second kappa shape index (κ2) is 5.27. The van der Waals surface area contributed by atoms with Crippen molar-refractivity contribution < 1.29 is 8.42 Å². The molecule has 0 aliphatic rings. The summed E-state index contributed by atoms with van der Waals surface area (Å²) in [5.74, 6) is 0. The molecule has 6 heteroatoms. The summed E-state index contributed by atoms with van der Waals surface area (Å²) in [6.07, 6.45) is 0. The Morgan fingerprint density at radius 3 is 2.50 bits per heavy atom. The Bertz CT molecular complexity index is 474. The van der Waals surface area contributed by atoms with E-state index >= 15 is 0 Å². The fraction of sp³-hybridized carbons (Fsp3) is 0.400. The van der Waals surface area contributed by atoms with E-state index in [0.29, 0.717) is 17.6 Å². The average molecular weight is 307 g/mol. The molecule has 0 atom stereocenters. The Labute approximate surface area is 105 Å². The molecular formula is C10H15BrN2O2S. The number of sulfonamides is 1. The van der Waals surface area contributed by atoms with E-state index in [0.717, 1.165) is 5.56 Å². The van der Waals surface area contributed by atoms with Crippen molar-refractivity contribution in [1.82, 2.24) is 4.31 Å². The molecule has 0 amide bonds. The van der Waals surface area contributed by atoms with Crippen LogP contribution in [0.2, 0.25) is 0 Å². The standard InChI is InChI=1S/C10H15BrN2O2S/c1-3-13(2)16(14,15)10-5-4-8(7-12)6-9(10)11/h4-6H,3,7,12H2,1-2H3. The molecule has 4 nitrogen and oxygen atoms in total. The summed E-state index contributed by atoms with van der Waals surface area (Å²) in [5.41, 5.74) is 6.38. The number of halogens is 1. The Morgan fingerprint density at radius 2 is 2.06 bits per heavy atom. The molecule has 0 aliphatic carbocycles. The predicted molar refractivity (Wildman–Crippen MR) is 67.5 cm³/mol. The number of nitrogens with zero attached hydrogens (tertiary/aromatic N) is 1. The minimum Gasteiger partial charge on any atom is -0.326 e. The zero-order valence-corrected chi connectivity index (χ0v) is 11.7. The van der Waals surface area contributed by atoms with E-state index in [-0.39, 0.29) is 4.90 Å². The first-order valence-electron chi connectivity index (χ1n) is 4.88. The van der Waals surface area contributed by atoms with Crippen molar-refractivity contribution in [2.45, 2.75) is 18.4 Å². The van der Waals surface area contributed by atoms with Crippen LogP contribution in [0.25, 0.3) is 0 Å². The van der Waals surface area contributed by atoms with Gasteiger partial charge in [0, 0.05) is 24.6 Å². The first-order valence-corrected chi connectivity index (χ1v) is 7.11. The molecule has 16 heavy (non-hydrogen) atoms. The molecule has 0 heterocycles. The van der Waals surface area contributed by atoms with Crippen molar-refractivity contribution in [2.75, 3.05) is 13.6 Å². The van der Waals surface area contributed by atoms with E-state index in [1.165, 1.54) is 4.31 Å². The van der Waals surface area contributed by atoms with Gasteiger partial charge in [0.2, 0.25) is 10.0 Å². The third-order valence-corrected chi connectivity index (χ3v) is 5.27. The van der Waals surface area contributed by atoms with Crippen LogP contribution in [-0.4, -0.2) is 26.3 Å². The molecule has 0 spiro atoms. The van der Waals surface area contributed by atoms with E-state index < -0.39 is 10.0 Å². The van der Waals surface area contributed by atoms with Crippen molar-refractivity contribution >= 4 is 26.0 Å². The highest BCUT2D eigenvalue weighted by atomic mass is 79.9. The van der Waals surface area contributed by atoms with Crippen LogP contribution in [0.5, 0.6) is 0 Å². The maximum Gasteiger partial charge on any atom is 0.243 e. The van der Waals surface area contributed by atoms with Crippen LogP contribution in [0.1, 0.15) is 12.5 Å². The number of nitrogens with two attached hydrogens (primary N) is 1. The third-order valence-electron chi connectivity index (χ3n) is 2.37. The molecule has 1 aromatic carbocycles. The highest BCUT2D eigenvalue weighted by Crippen LogP contribution is 2.25. The molecule has 0 fully saturated rings. The van der Waals surface area contributed by atoms with Gasteiger partial charge in [-0.15, -0.1) is 0 Å². The highest BCUT2D eigenvalue weighted by Gasteiger charge is 2.21. The lowest BCUT2D eigenvalue weighted by molar-refractivity contribution is 0.486. The number of rotatable bonds is 4. The van der Waals surface area contributed by atoms with E-state index in [1.807, 2.05) is 0 Å². The van der Waals surface area contributed by atoms with Crippen molar-refractivity contribution in [2.24, 2.45) is 5.73 Å². The fourth-order valence-electron chi connectivity index (χ4n) is 1.22. The van der Waals surface area contributed by atoms with Gasteiger partial charge in [0.25, 0.3) is 0 Å². The Hall–Kier alpha value is -0.430. The average Bonchev–Trinajstić information content (AvgIpc) is 2.27. The van der Waals surface area contributed by atoms with Crippen molar-refractivity contribution in [3.05, 3.63) is 28.2 Å². The number of hydrogen-bond acceptors (Lipinski definition) is 3. The maximum atomic E-state index is 12.0. The second-order valence-electron chi connectivity index (χ2n) is 3.39. The van der Waals surface area contributed by atoms with Gasteiger partial charge in [0.05, 0.1) is 4.90 Å². The van der Waals surface area contributed by atoms with Crippen LogP contribution in [0, 0.1) is 0 Å². The highest BCUT2D eigenvalue weighted by molar-refractivity contribution is 9.10. The molecule has 0 radical (unpaired) electrons. The summed E-state index contributed by atoms with van der Waals surface area (Å²) < 4.78 is 25.9. The normalized spacial score (nSPS) is 12.1. The smallest absolute Gasteiger partial charge is 0.243 e. The van der Waals surface area contributed by atoms with E-state index in [1.54, 1.807) is 32.2 Å². The topological polar surface area (TPSA) is 63.4 Å². The summed E-state index contributed by atoms with van der Waals surface area (Å²) in [5, 5.41) is 0. The van der Waals surface area contributed by atoms with Crippen LogP contribution >= 0.6 is 15.9 Å². The van der Waals surface area contributed by atoms with Gasteiger partial charge >= 0.3 is 0 Å². The van der Waals surface area contributed by atoms with Crippen LogP contribution in [0.4, 0.5) is 0 Å². The maximum absolute atomic E-state index is 12.0. The van der Waals surface area contributed by atoms with Crippen LogP contribution in [0.3, 0.4) is 0 Å². The molecular weight excluding hydrogens is 292 g/mol. The van der Waals surface area contributed by atoms with Gasteiger partial charge in [0.15, 0.2) is 0 Å². The van der Waals surface area contributed by atoms with Gasteiger partial charge in [-0.05, 0) is 33.6 Å². The number of benzene rings is 1. The monoisotopic (exact) mass is 306 g/mol. The lowest BCUT2D eigenvalue weighted by Crippen LogP contribution is -2.26. The van der Waals surface area contributed by atoms with E-state index in [9.17, 15) is 8.42 Å². The van der Waals surface area contributed by atoms with Gasteiger partial charge in [0.1, 0.15) is 0 Å². The first-order chi connectivity index (χ1) is 7.43. The molecule has 90 valence electrons. The lowest BCUT2D eigenvalue weighted by atomic mass is 10.2. The zero-order valence-electron chi connectivity index (χ0n) is 9.27. The molecule has 0 unspecified atom stereocenters. The van der Waals surface area contributed by atoms with Crippen LogP contribution < -0.4 is 5.73 Å². The van der Waals surface area contributed by atoms with Crippen molar-refractivity contribution in [3.8, 4) is 0 Å². The van der Waals surface area contributed by atoms with E-state index in [4.69, 9.17) is 5.73 Å². The van der Waals surface area contributed by atoms with E-state index in [2.05, 4.69) is 15.9 Å². The minimum absolute atomic E-state index is 0.272. The molecule has 1 rings (SSSR count). The summed E-state index contributed by atoms with van der Waals surface area (Å²) >= 11 is 3.26. The largest absolute Gasteiger partial charge is 0.326 e. The molecule has 0 aliphatic heterocycles. The molecule has 0 bridgehead atoms. The summed E-state index contributed by atoms with van der Waals surface area (Å²) in [6, 6.07) is 5.03. The third kappa shape index (κ3) is 2.63. The van der Waals surface area contributed by atoms with Crippen molar-refractivity contribution in [3.63, 3.8) is 0 Å². The Balaban J connectivity index is 3.24. The lowest BCUT2D eigenvalue weighted by Gasteiger charge is -2.16. The predicted octanol–water partition coefficient (Wildman–Crippen LogP) is 1.55. The first kappa shape index (κ1) is 13.6. The van der Waals surface area contributed by atoms with Gasteiger partial charge in [-0.25, -0.2) is 12.7 Å². The minimum atomic E-state index is -3.40. The van der Waals surface area contributed by atoms with Crippen molar-refractivity contribution in [1.29, 1.82) is 0 Å². The summed E-state index contributed by atoms with van der Waals surface area (Å²) in [7, 11) is -1.84. The van der Waals surface area contributed by atoms with Gasteiger partial charge < -0.3 is 5.73 Å². The van der Waals surface area contributed by atoms with Crippen LogP contribution in [0.15, 0.2) is 27.6 Å². The SMILES string of the molecule is CCN(C)S(=O)(=O)c1ccc(CN)cc1Br. The second-order valence-corrected chi connectivity index (χ2v) is 6.26. The summed E-state index contributed by atoms with van der Waals surface area (Å²) in [6.45, 7) is 2.62. The van der Waals surface area contributed by atoms with Gasteiger partial charge in [-0.3, -0.25) is 0 Å². The molecule has 0 saturated heterocycles. The van der Waals surface area contributed by atoms with Gasteiger partial charge in [-0.2, -0.15) is 0 Å². The zero-order chi connectivity index (χ0) is 12.3. The Kier molecular flexibility index (Phi) is 4.49.